The first-order valence-corrected chi connectivity index (χ1v) is 6.04. The Balaban J connectivity index is 2.14. The predicted molar refractivity (Wildman–Crippen MR) is 66.2 cm³/mol. The molecule has 5 heteroatoms. The third kappa shape index (κ3) is 2.19. The van der Waals surface area contributed by atoms with Crippen LogP contribution < -0.4 is 10.6 Å². The maximum atomic E-state index is 11.1. The van der Waals surface area contributed by atoms with Gasteiger partial charge in [0.25, 0.3) is 0 Å². The molecule has 4 nitrogen and oxygen atoms in total. The Morgan fingerprint density at radius 3 is 2.94 bits per heavy atom. The summed E-state index contributed by atoms with van der Waals surface area (Å²) in [5.74, 6) is 0.673. The van der Waals surface area contributed by atoms with Crippen LogP contribution in [0.1, 0.15) is 12.1 Å². The summed E-state index contributed by atoms with van der Waals surface area (Å²) in [6.45, 7) is 3.49. The van der Waals surface area contributed by atoms with E-state index in [9.17, 15) is 4.79 Å². The van der Waals surface area contributed by atoms with Crippen molar-refractivity contribution in [2.75, 3.05) is 18.0 Å². The number of halogens is 1. The fourth-order valence-corrected chi connectivity index (χ4v) is 2.13. The minimum Gasteiger partial charge on any atom is -0.369 e. The number of anilines is 1. The Morgan fingerprint density at radius 1 is 1.62 bits per heavy atom. The van der Waals surface area contributed by atoms with E-state index in [2.05, 4.69) is 25.8 Å². The summed E-state index contributed by atoms with van der Waals surface area (Å²) in [5.41, 5.74) is 6.26. The SMILES string of the molecule is Cc1nc(N2CCC(C(N)=O)C2)ccc1Br. The fraction of sp³-hybridized carbons (Fsp3) is 0.455. The number of aryl methyl sites for hydroxylation is 1. The fourth-order valence-electron chi connectivity index (χ4n) is 1.91. The van der Waals surface area contributed by atoms with Gasteiger partial charge in [-0.3, -0.25) is 4.79 Å². The first-order valence-electron chi connectivity index (χ1n) is 5.25. The van der Waals surface area contributed by atoms with Crippen LogP contribution in [0.4, 0.5) is 5.82 Å². The molecule has 16 heavy (non-hydrogen) atoms. The number of hydrogen-bond donors (Lipinski definition) is 1. The number of nitrogens with zero attached hydrogens (tertiary/aromatic N) is 2. The first-order chi connectivity index (χ1) is 7.58. The number of primary amides is 1. The number of carbonyl (C=O) groups excluding carboxylic acids is 1. The molecule has 0 aromatic carbocycles. The molecule has 1 aromatic heterocycles. The molecule has 0 spiro atoms. The van der Waals surface area contributed by atoms with Gasteiger partial charge in [0.2, 0.25) is 5.91 Å². The quantitative estimate of drug-likeness (QED) is 0.894. The summed E-state index contributed by atoms with van der Waals surface area (Å²) < 4.78 is 1.00. The lowest BCUT2D eigenvalue weighted by atomic mass is 10.1. The van der Waals surface area contributed by atoms with Gasteiger partial charge in [0, 0.05) is 17.6 Å². The van der Waals surface area contributed by atoms with E-state index in [0.29, 0.717) is 6.54 Å². The van der Waals surface area contributed by atoms with E-state index in [1.165, 1.54) is 0 Å². The van der Waals surface area contributed by atoms with Crippen LogP contribution in [-0.4, -0.2) is 24.0 Å². The van der Waals surface area contributed by atoms with Crippen LogP contribution in [0.2, 0.25) is 0 Å². The molecule has 2 rings (SSSR count). The van der Waals surface area contributed by atoms with Crippen LogP contribution in [0, 0.1) is 12.8 Å². The highest BCUT2D eigenvalue weighted by Gasteiger charge is 2.27. The molecule has 1 aromatic rings. The van der Waals surface area contributed by atoms with Crippen LogP contribution in [0.25, 0.3) is 0 Å². The standard InChI is InChI=1S/C11H14BrN3O/c1-7-9(12)2-3-10(14-7)15-5-4-8(6-15)11(13)16/h2-3,8H,4-6H2,1H3,(H2,13,16). The highest BCUT2D eigenvalue weighted by molar-refractivity contribution is 9.10. The molecule has 0 aliphatic carbocycles. The molecular formula is C11H14BrN3O. The van der Waals surface area contributed by atoms with Crippen LogP contribution >= 0.6 is 15.9 Å². The van der Waals surface area contributed by atoms with Crippen LogP contribution in [0.3, 0.4) is 0 Å². The van der Waals surface area contributed by atoms with Gasteiger partial charge < -0.3 is 10.6 Å². The van der Waals surface area contributed by atoms with Crippen molar-refractivity contribution in [3.63, 3.8) is 0 Å². The Kier molecular flexibility index (Phi) is 3.14. The molecule has 1 unspecified atom stereocenters. The smallest absolute Gasteiger partial charge is 0.222 e. The van der Waals surface area contributed by atoms with Gasteiger partial charge in [0.05, 0.1) is 11.6 Å². The van der Waals surface area contributed by atoms with Crippen LogP contribution in [-0.2, 0) is 4.79 Å². The largest absolute Gasteiger partial charge is 0.369 e. The van der Waals surface area contributed by atoms with E-state index in [0.717, 1.165) is 29.0 Å². The number of nitrogens with two attached hydrogens (primary N) is 1. The first kappa shape index (κ1) is 11.4. The minimum absolute atomic E-state index is 0.0363. The average molecular weight is 284 g/mol. The summed E-state index contributed by atoms with van der Waals surface area (Å²) in [6, 6.07) is 3.94. The third-order valence-corrected chi connectivity index (χ3v) is 3.76. The van der Waals surface area contributed by atoms with Crippen LogP contribution in [0.15, 0.2) is 16.6 Å². The van der Waals surface area contributed by atoms with E-state index in [1.807, 2.05) is 19.1 Å². The molecule has 0 radical (unpaired) electrons. The van der Waals surface area contributed by atoms with Crippen molar-refractivity contribution < 1.29 is 4.79 Å². The summed E-state index contributed by atoms with van der Waals surface area (Å²) in [4.78, 5) is 17.6. The van der Waals surface area contributed by atoms with Gasteiger partial charge in [-0.05, 0) is 41.4 Å². The second-order valence-corrected chi connectivity index (χ2v) is 4.93. The summed E-state index contributed by atoms with van der Waals surface area (Å²) >= 11 is 3.42. The Hall–Kier alpha value is -1.10. The lowest BCUT2D eigenvalue weighted by Gasteiger charge is -2.17. The number of amides is 1. The zero-order valence-electron chi connectivity index (χ0n) is 9.11. The van der Waals surface area contributed by atoms with Crippen molar-refractivity contribution in [3.05, 3.63) is 22.3 Å². The number of pyridine rings is 1. The minimum atomic E-state index is -0.212. The van der Waals surface area contributed by atoms with Gasteiger partial charge in [-0.25, -0.2) is 4.98 Å². The lowest BCUT2D eigenvalue weighted by Crippen LogP contribution is -2.27. The van der Waals surface area contributed by atoms with Crippen molar-refractivity contribution in [2.45, 2.75) is 13.3 Å². The molecule has 86 valence electrons. The Labute approximate surface area is 103 Å². The van der Waals surface area contributed by atoms with Gasteiger partial charge in [0.1, 0.15) is 5.82 Å². The second-order valence-electron chi connectivity index (χ2n) is 4.07. The normalized spacial score (nSPS) is 20.1. The van der Waals surface area contributed by atoms with E-state index in [-0.39, 0.29) is 11.8 Å². The Morgan fingerprint density at radius 2 is 2.38 bits per heavy atom. The molecule has 0 saturated carbocycles. The summed E-state index contributed by atoms with van der Waals surface area (Å²) in [5, 5.41) is 0. The van der Waals surface area contributed by atoms with Gasteiger partial charge >= 0.3 is 0 Å². The van der Waals surface area contributed by atoms with Crippen molar-refractivity contribution in [1.82, 2.24) is 4.98 Å². The molecule has 2 N–H and O–H groups in total. The van der Waals surface area contributed by atoms with Gasteiger partial charge in [-0.1, -0.05) is 0 Å². The second kappa shape index (κ2) is 4.41. The van der Waals surface area contributed by atoms with Crippen molar-refractivity contribution in [1.29, 1.82) is 0 Å². The summed E-state index contributed by atoms with van der Waals surface area (Å²) in [6.07, 6.45) is 0.826. The highest BCUT2D eigenvalue weighted by Crippen LogP contribution is 2.24. The van der Waals surface area contributed by atoms with E-state index < -0.39 is 0 Å². The van der Waals surface area contributed by atoms with Crippen molar-refractivity contribution >= 4 is 27.7 Å². The average Bonchev–Trinajstić information content (AvgIpc) is 2.71. The third-order valence-electron chi connectivity index (χ3n) is 2.92. The molecule has 1 amide bonds. The molecule has 0 bridgehead atoms. The zero-order chi connectivity index (χ0) is 11.7. The molecule has 1 fully saturated rings. The van der Waals surface area contributed by atoms with Gasteiger partial charge in [0.15, 0.2) is 0 Å². The maximum Gasteiger partial charge on any atom is 0.222 e. The van der Waals surface area contributed by atoms with Crippen LogP contribution in [0.5, 0.6) is 0 Å². The predicted octanol–water partition coefficient (Wildman–Crippen LogP) is 1.46. The van der Waals surface area contributed by atoms with E-state index in [4.69, 9.17) is 5.73 Å². The molecule has 2 heterocycles. The molecule has 1 aliphatic rings. The van der Waals surface area contributed by atoms with Gasteiger partial charge in [-0.15, -0.1) is 0 Å². The van der Waals surface area contributed by atoms with E-state index in [1.54, 1.807) is 0 Å². The number of rotatable bonds is 2. The Bertz CT molecular complexity index is 422. The van der Waals surface area contributed by atoms with Crippen molar-refractivity contribution in [2.24, 2.45) is 11.7 Å². The molecule has 1 aliphatic heterocycles. The highest BCUT2D eigenvalue weighted by atomic mass is 79.9. The molecule has 1 saturated heterocycles. The molecule has 1 atom stereocenters. The lowest BCUT2D eigenvalue weighted by molar-refractivity contribution is -0.121. The number of aromatic nitrogens is 1. The maximum absolute atomic E-state index is 11.1. The van der Waals surface area contributed by atoms with Gasteiger partial charge in [-0.2, -0.15) is 0 Å². The van der Waals surface area contributed by atoms with E-state index >= 15 is 0 Å². The summed E-state index contributed by atoms with van der Waals surface area (Å²) in [7, 11) is 0. The topological polar surface area (TPSA) is 59.2 Å². The van der Waals surface area contributed by atoms with Crippen molar-refractivity contribution in [3.8, 4) is 0 Å². The number of hydrogen-bond acceptors (Lipinski definition) is 3. The number of carbonyl (C=O) groups is 1. The molecular weight excluding hydrogens is 270 g/mol. The monoisotopic (exact) mass is 283 g/mol. The zero-order valence-corrected chi connectivity index (χ0v) is 10.7.